The molecule has 2 aliphatic heterocycles. The van der Waals surface area contributed by atoms with Crippen LogP contribution in [-0.4, -0.2) is 75.5 Å². The number of morpholine rings is 1. The molecular formula is C34H48ClN5O. The monoisotopic (exact) mass is 577 g/mol. The van der Waals surface area contributed by atoms with Gasteiger partial charge in [0.15, 0.2) is 0 Å². The van der Waals surface area contributed by atoms with Gasteiger partial charge in [-0.3, -0.25) is 4.90 Å². The number of hydrogen-bond donors (Lipinski definition) is 2. The van der Waals surface area contributed by atoms with Crippen LogP contribution in [0.5, 0.6) is 0 Å². The van der Waals surface area contributed by atoms with E-state index in [1.807, 2.05) is 13.1 Å². The van der Waals surface area contributed by atoms with Gasteiger partial charge in [0, 0.05) is 43.2 Å². The minimum absolute atomic E-state index is 0.326. The van der Waals surface area contributed by atoms with Gasteiger partial charge in [-0.2, -0.15) is 0 Å². The van der Waals surface area contributed by atoms with Crippen LogP contribution in [0.2, 0.25) is 5.02 Å². The quantitative estimate of drug-likeness (QED) is 0.167. The first-order valence-electron chi connectivity index (χ1n) is 15.7. The lowest BCUT2D eigenvalue weighted by Crippen LogP contribution is -2.41. The summed E-state index contributed by atoms with van der Waals surface area (Å²) in [6.07, 6.45) is 9.12. The van der Waals surface area contributed by atoms with Gasteiger partial charge in [-0.25, -0.2) is 9.98 Å². The van der Waals surface area contributed by atoms with Crippen molar-refractivity contribution >= 4 is 29.8 Å². The Morgan fingerprint density at radius 1 is 1.12 bits per heavy atom. The molecule has 0 bridgehead atoms. The number of halogens is 1. The van der Waals surface area contributed by atoms with Gasteiger partial charge in [-0.15, -0.1) is 0 Å². The topological polar surface area (TPSA) is 61.2 Å². The minimum Gasteiger partial charge on any atom is -0.376 e. The first kappa shape index (κ1) is 30.4. The first-order valence-corrected chi connectivity index (χ1v) is 16.0. The summed E-state index contributed by atoms with van der Waals surface area (Å²) in [5.41, 5.74) is 7.34. The summed E-state index contributed by atoms with van der Waals surface area (Å²) in [4.78, 5) is 12.2. The Labute approximate surface area is 252 Å². The molecule has 2 aromatic rings. The minimum atomic E-state index is 0.326. The van der Waals surface area contributed by atoms with E-state index < -0.39 is 0 Å². The Hall–Kier alpha value is -2.09. The van der Waals surface area contributed by atoms with Gasteiger partial charge in [0.25, 0.3) is 0 Å². The summed E-state index contributed by atoms with van der Waals surface area (Å²) in [6.45, 7) is 13.3. The average molecular weight is 578 g/mol. The second-order valence-electron chi connectivity index (χ2n) is 12.2. The van der Waals surface area contributed by atoms with Crippen LogP contribution in [0.25, 0.3) is 11.1 Å². The lowest BCUT2D eigenvalue weighted by molar-refractivity contribution is -0.0185. The lowest BCUT2D eigenvalue weighted by Gasteiger charge is -2.30. The van der Waals surface area contributed by atoms with Crippen molar-refractivity contribution in [2.45, 2.75) is 89.3 Å². The van der Waals surface area contributed by atoms with E-state index in [4.69, 9.17) is 21.3 Å². The van der Waals surface area contributed by atoms with Gasteiger partial charge in [-0.1, -0.05) is 35.9 Å². The fourth-order valence-corrected chi connectivity index (χ4v) is 7.00. The highest BCUT2D eigenvalue weighted by Crippen LogP contribution is 2.49. The van der Waals surface area contributed by atoms with Crippen molar-refractivity contribution in [3.8, 4) is 11.1 Å². The molecule has 3 aliphatic rings. The molecule has 2 heterocycles. The normalized spacial score (nSPS) is 23.7. The molecule has 0 aromatic heterocycles. The van der Waals surface area contributed by atoms with E-state index in [2.05, 4.69) is 65.4 Å². The number of aliphatic imine (C=N–C) groups is 2. The van der Waals surface area contributed by atoms with Crippen LogP contribution in [0, 0.1) is 6.92 Å². The predicted octanol–water partition coefficient (Wildman–Crippen LogP) is 6.70. The molecule has 3 atom stereocenters. The molecule has 2 aromatic carbocycles. The van der Waals surface area contributed by atoms with Crippen molar-refractivity contribution in [3.63, 3.8) is 0 Å². The number of hydrogen-bond acceptors (Lipinski definition) is 5. The number of benzene rings is 2. The van der Waals surface area contributed by atoms with E-state index in [0.717, 1.165) is 75.0 Å². The molecule has 0 amide bonds. The average Bonchev–Trinajstić information content (AvgIpc) is 3.70. The maximum Gasteiger partial charge on any atom is 0.128 e. The molecule has 41 heavy (non-hydrogen) atoms. The van der Waals surface area contributed by atoms with E-state index >= 15 is 0 Å². The SMILES string of the molecule is C=N/C(CCCCN1CCOC(C)C1)=N\c1c(CC2CCC(CNC)N2)ccc(-c2cccc(Cl)c2C2CC2)c1C. The molecule has 3 unspecified atom stereocenters. The molecule has 7 heteroatoms. The summed E-state index contributed by atoms with van der Waals surface area (Å²) >= 11 is 6.76. The molecule has 1 aliphatic carbocycles. The Kier molecular flexibility index (Phi) is 10.7. The van der Waals surface area contributed by atoms with Gasteiger partial charge < -0.3 is 15.4 Å². The van der Waals surface area contributed by atoms with Crippen molar-refractivity contribution in [3.05, 3.63) is 52.0 Å². The second-order valence-corrected chi connectivity index (χ2v) is 12.7. The largest absolute Gasteiger partial charge is 0.376 e. The maximum atomic E-state index is 6.76. The highest BCUT2D eigenvalue weighted by Gasteiger charge is 2.30. The summed E-state index contributed by atoms with van der Waals surface area (Å²) < 4.78 is 5.70. The van der Waals surface area contributed by atoms with Gasteiger partial charge in [-0.05, 0) is 119 Å². The molecule has 222 valence electrons. The molecule has 2 saturated heterocycles. The van der Waals surface area contributed by atoms with E-state index in [-0.39, 0.29) is 0 Å². The van der Waals surface area contributed by atoms with Crippen molar-refractivity contribution in [2.24, 2.45) is 9.98 Å². The molecular weight excluding hydrogens is 530 g/mol. The zero-order chi connectivity index (χ0) is 28.8. The third kappa shape index (κ3) is 7.85. The van der Waals surface area contributed by atoms with E-state index in [9.17, 15) is 0 Å². The molecule has 0 radical (unpaired) electrons. The Bertz CT molecular complexity index is 1230. The van der Waals surface area contributed by atoms with E-state index in [1.165, 1.54) is 53.5 Å². The van der Waals surface area contributed by atoms with Gasteiger partial charge in [0.2, 0.25) is 0 Å². The number of amidine groups is 1. The Morgan fingerprint density at radius 2 is 1.95 bits per heavy atom. The Morgan fingerprint density at radius 3 is 2.71 bits per heavy atom. The van der Waals surface area contributed by atoms with Gasteiger partial charge in [0.1, 0.15) is 5.84 Å². The third-order valence-corrected chi connectivity index (χ3v) is 9.30. The van der Waals surface area contributed by atoms with Crippen LogP contribution in [0.3, 0.4) is 0 Å². The fourth-order valence-electron chi connectivity index (χ4n) is 6.68. The fraction of sp³-hybridized carbons (Fsp3) is 0.588. The van der Waals surface area contributed by atoms with Crippen LogP contribution in [0.1, 0.15) is 74.5 Å². The molecule has 6 nitrogen and oxygen atoms in total. The lowest BCUT2D eigenvalue weighted by atomic mass is 9.90. The first-order chi connectivity index (χ1) is 20.0. The number of likely N-dealkylation sites (N-methyl/N-ethyl adjacent to an activating group) is 1. The highest BCUT2D eigenvalue weighted by atomic mass is 35.5. The zero-order valence-corrected chi connectivity index (χ0v) is 26.0. The second kappa shape index (κ2) is 14.4. The maximum absolute atomic E-state index is 6.76. The smallest absolute Gasteiger partial charge is 0.128 e. The standard InChI is InChI=1S/C34H48ClN5O/c1-23-22-40(18-19-41-23)17-6-5-10-32(37-4)39-34-24(2)29(30-8-7-9-31(35)33(30)25-11-12-25)16-13-26(34)20-27-14-15-28(38-27)21-36-3/h7-9,13,16,23,25,27-28,36,38H,4-6,10-12,14-15,17-22H2,1-3H3/b39-32-. The number of unbranched alkanes of at least 4 members (excludes halogenated alkanes) is 1. The van der Waals surface area contributed by atoms with Gasteiger partial charge in [0.05, 0.1) is 18.4 Å². The zero-order valence-electron chi connectivity index (χ0n) is 25.2. The van der Waals surface area contributed by atoms with Crippen LogP contribution in [-0.2, 0) is 11.2 Å². The van der Waals surface area contributed by atoms with Crippen LogP contribution >= 0.6 is 11.6 Å². The van der Waals surface area contributed by atoms with E-state index in [0.29, 0.717) is 24.1 Å². The van der Waals surface area contributed by atoms with Crippen molar-refractivity contribution in [1.82, 2.24) is 15.5 Å². The van der Waals surface area contributed by atoms with Gasteiger partial charge >= 0.3 is 0 Å². The number of nitrogens with zero attached hydrogens (tertiary/aromatic N) is 3. The highest BCUT2D eigenvalue weighted by molar-refractivity contribution is 6.32. The summed E-state index contributed by atoms with van der Waals surface area (Å²) in [7, 11) is 2.03. The number of nitrogens with one attached hydrogen (secondary N) is 2. The van der Waals surface area contributed by atoms with Crippen molar-refractivity contribution in [1.29, 1.82) is 0 Å². The Balaban J connectivity index is 1.39. The summed E-state index contributed by atoms with van der Waals surface area (Å²) in [5, 5.41) is 8.04. The third-order valence-electron chi connectivity index (χ3n) is 8.97. The molecule has 2 N–H and O–H groups in total. The summed E-state index contributed by atoms with van der Waals surface area (Å²) in [5.74, 6) is 1.40. The summed E-state index contributed by atoms with van der Waals surface area (Å²) in [6, 6.07) is 11.9. The number of rotatable bonds is 12. The molecule has 0 spiro atoms. The van der Waals surface area contributed by atoms with Crippen LogP contribution in [0.4, 0.5) is 5.69 Å². The molecule has 1 saturated carbocycles. The van der Waals surface area contributed by atoms with Crippen LogP contribution < -0.4 is 10.6 Å². The van der Waals surface area contributed by atoms with Crippen LogP contribution in [0.15, 0.2) is 40.3 Å². The number of ether oxygens (including phenoxy) is 1. The van der Waals surface area contributed by atoms with Crippen molar-refractivity contribution in [2.75, 3.05) is 39.8 Å². The molecule has 3 fully saturated rings. The molecule has 5 rings (SSSR count). The van der Waals surface area contributed by atoms with Crippen molar-refractivity contribution < 1.29 is 4.74 Å². The predicted molar refractivity (Wildman–Crippen MR) is 174 cm³/mol. The van der Waals surface area contributed by atoms with E-state index in [1.54, 1.807) is 0 Å².